The molecule has 1 aromatic rings. The molecule has 2 rings (SSSR count). The van der Waals surface area contributed by atoms with Gasteiger partial charge >= 0.3 is 0 Å². The van der Waals surface area contributed by atoms with Crippen LogP contribution in [0, 0.1) is 6.92 Å². The Kier molecular flexibility index (Phi) is 4.07. The third-order valence-electron chi connectivity index (χ3n) is 3.45. The van der Waals surface area contributed by atoms with Gasteiger partial charge in [-0.2, -0.15) is 0 Å². The van der Waals surface area contributed by atoms with Crippen molar-refractivity contribution in [2.45, 2.75) is 57.1 Å². The van der Waals surface area contributed by atoms with Crippen LogP contribution in [0.4, 0.5) is 0 Å². The molecule has 0 spiro atoms. The second-order valence-electron chi connectivity index (χ2n) is 5.86. The van der Waals surface area contributed by atoms with Crippen LogP contribution in [0.1, 0.15) is 39.2 Å². The van der Waals surface area contributed by atoms with Gasteiger partial charge in [-0.3, -0.25) is 0 Å². The Balaban J connectivity index is 2.44. The molecule has 4 heteroatoms. The normalized spacial score (nSPS) is 21.8. The minimum absolute atomic E-state index is 0.332. The van der Waals surface area contributed by atoms with Crippen LogP contribution in [-0.2, 0) is 14.6 Å². The lowest BCUT2D eigenvalue weighted by atomic mass is 10.1. The fourth-order valence-corrected chi connectivity index (χ4v) is 4.18. The van der Waals surface area contributed by atoms with E-state index in [0.717, 1.165) is 18.4 Å². The number of hydrogen-bond donors (Lipinski definition) is 0. The van der Waals surface area contributed by atoms with E-state index in [1.54, 1.807) is 18.2 Å². The average Bonchev–Trinajstić information content (AvgIpc) is 2.66. The minimum Gasteiger partial charge on any atom is -0.363 e. The smallest absolute Gasteiger partial charge is 0.205 e. The predicted molar refractivity (Wildman–Crippen MR) is 80.3 cm³/mol. The Morgan fingerprint density at radius 3 is 2.35 bits per heavy atom. The van der Waals surface area contributed by atoms with Crippen molar-refractivity contribution in [1.82, 2.24) is 0 Å². The van der Waals surface area contributed by atoms with Gasteiger partial charge in [0.25, 0.3) is 0 Å². The molecular weight excluding hydrogens is 272 g/mol. The molecule has 0 saturated heterocycles. The van der Waals surface area contributed by atoms with Gasteiger partial charge in [0.15, 0.2) is 0 Å². The molecule has 0 N–H and O–H groups in total. The minimum atomic E-state index is -3.46. The number of ether oxygens (including phenoxy) is 1. The molecule has 1 atom stereocenters. The molecule has 0 aromatic heterocycles. The van der Waals surface area contributed by atoms with Crippen molar-refractivity contribution >= 4 is 9.84 Å². The Hall–Kier alpha value is -1.13. The highest BCUT2D eigenvalue weighted by molar-refractivity contribution is 7.95. The zero-order valence-electron chi connectivity index (χ0n) is 12.5. The molecule has 0 fully saturated rings. The van der Waals surface area contributed by atoms with E-state index in [2.05, 4.69) is 0 Å². The number of hydrogen-bond acceptors (Lipinski definition) is 3. The highest BCUT2D eigenvalue weighted by Gasteiger charge is 2.39. The van der Waals surface area contributed by atoms with Crippen LogP contribution in [0.15, 0.2) is 40.1 Å². The first-order valence-corrected chi connectivity index (χ1v) is 8.47. The van der Waals surface area contributed by atoms with Crippen LogP contribution < -0.4 is 0 Å². The maximum Gasteiger partial charge on any atom is 0.205 e. The molecule has 20 heavy (non-hydrogen) atoms. The van der Waals surface area contributed by atoms with Gasteiger partial charge in [0.1, 0.15) is 0 Å². The van der Waals surface area contributed by atoms with Crippen LogP contribution >= 0.6 is 0 Å². The zero-order valence-corrected chi connectivity index (χ0v) is 13.3. The Morgan fingerprint density at radius 1 is 1.20 bits per heavy atom. The zero-order chi connectivity index (χ0) is 15.0. The summed E-state index contributed by atoms with van der Waals surface area (Å²) in [5.74, 6) is 0. The molecule has 1 aromatic carbocycles. The first kappa shape index (κ1) is 15.3. The maximum absolute atomic E-state index is 12.8. The van der Waals surface area contributed by atoms with Gasteiger partial charge in [-0.25, -0.2) is 8.42 Å². The third kappa shape index (κ3) is 2.96. The molecule has 1 aliphatic heterocycles. The molecular formula is C16H22O3S. The first-order chi connectivity index (χ1) is 9.26. The molecule has 110 valence electrons. The average molecular weight is 294 g/mol. The van der Waals surface area contributed by atoms with Crippen LogP contribution in [-0.4, -0.2) is 20.1 Å². The standard InChI is InChI=1S/C16H22O3S/c1-5-6-14-15(11-16(3,4)19-14)20(17,18)13-9-7-12(2)8-10-13/h7-11,14H,5-6H2,1-4H3. The summed E-state index contributed by atoms with van der Waals surface area (Å²) >= 11 is 0. The fraction of sp³-hybridized carbons (Fsp3) is 0.500. The third-order valence-corrected chi connectivity index (χ3v) is 5.34. The molecule has 0 radical (unpaired) electrons. The molecule has 0 bridgehead atoms. The van der Waals surface area contributed by atoms with Crippen molar-refractivity contribution in [2.75, 3.05) is 0 Å². The first-order valence-electron chi connectivity index (χ1n) is 6.98. The molecule has 0 amide bonds. The van der Waals surface area contributed by atoms with Gasteiger partial charge in [0, 0.05) is 0 Å². The fourth-order valence-electron chi connectivity index (χ4n) is 2.46. The summed E-state index contributed by atoms with van der Waals surface area (Å²) in [7, 11) is -3.46. The summed E-state index contributed by atoms with van der Waals surface area (Å²) < 4.78 is 31.4. The van der Waals surface area contributed by atoms with Crippen molar-refractivity contribution in [2.24, 2.45) is 0 Å². The second-order valence-corrected chi connectivity index (χ2v) is 7.81. The summed E-state index contributed by atoms with van der Waals surface area (Å²) in [5.41, 5.74) is 0.526. The monoisotopic (exact) mass is 294 g/mol. The van der Waals surface area contributed by atoms with Crippen molar-refractivity contribution in [1.29, 1.82) is 0 Å². The van der Waals surface area contributed by atoms with Crippen LogP contribution in [0.5, 0.6) is 0 Å². The van der Waals surface area contributed by atoms with Gasteiger partial charge in [0.2, 0.25) is 9.84 Å². The highest BCUT2D eigenvalue weighted by Crippen LogP contribution is 2.36. The Labute approximate surface area is 121 Å². The number of sulfone groups is 1. The highest BCUT2D eigenvalue weighted by atomic mass is 32.2. The van der Waals surface area contributed by atoms with Crippen LogP contribution in [0.3, 0.4) is 0 Å². The molecule has 0 saturated carbocycles. The lowest BCUT2D eigenvalue weighted by molar-refractivity contribution is -0.00299. The van der Waals surface area contributed by atoms with E-state index < -0.39 is 15.4 Å². The summed E-state index contributed by atoms with van der Waals surface area (Å²) in [5, 5.41) is 0. The lowest BCUT2D eigenvalue weighted by Crippen LogP contribution is -2.22. The van der Waals surface area contributed by atoms with E-state index in [0.29, 0.717) is 9.80 Å². The van der Waals surface area contributed by atoms with Gasteiger partial charge in [-0.1, -0.05) is 31.0 Å². The summed E-state index contributed by atoms with van der Waals surface area (Å²) in [6.07, 6.45) is 3.03. The number of benzene rings is 1. The number of aryl methyl sites for hydroxylation is 1. The summed E-state index contributed by atoms with van der Waals surface area (Å²) in [6.45, 7) is 7.77. The van der Waals surface area contributed by atoms with Crippen LogP contribution in [0.2, 0.25) is 0 Å². The van der Waals surface area contributed by atoms with Crippen molar-refractivity contribution < 1.29 is 13.2 Å². The van der Waals surface area contributed by atoms with Crippen LogP contribution in [0.25, 0.3) is 0 Å². The van der Waals surface area contributed by atoms with Gasteiger partial charge < -0.3 is 4.74 Å². The van der Waals surface area contributed by atoms with E-state index in [9.17, 15) is 8.42 Å². The van der Waals surface area contributed by atoms with Crippen molar-refractivity contribution in [3.05, 3.63) is 40.8 Å². The quantitative estimate of drug-likeness (QED) is 0.851. The molecule has 0 aliphatic carbocycles. The van der Waals surface area contributed by atoms with Gasteiger partial charge in [-0.15, -0.1) is 0 Å². The Morgan fingerprint density at radius 2 is 1.80 bits per heavy atom. The molecule has 1 heterocycles. The van der Waals surface area contributed by atoms with E-state index >= 15 is 0 Å². The topological polar surface area (TPSA) is 43.4 Å². The summed E-state index contributed by atoms with van der Waals surface area (Å²) in [4.78, 5) is 0.755. The van der Waals surface area contributed by atoms with E-state index in [1.165, 1.54) is 0 Å². The van der Waals surface area contributed by atoms with Gasteiger partial charge in [0.05, 0.1) is 21.5 Å². The molecule has 1 aliphatic rings. The SMILES string of the molecule is CCCC1OC(C)(C)C=C1S(=O)(=O)c1ccc(C)cc1. The molecule has 1 unspecified atom stereocenters. The van der Waals surface area contributed by atoms with Gasteiger partial charge in [-0.05, 0) is 45.4 Å². The summed E-state index contributed by atoms with van der Waals surface area (Å²) in [6, 6.07) is 6.98. The predicted octanol–water partition coefficient (Wildman–Crippen LogP) is 3.63. The van der Waals surface area contributed by atoms with E-state index in [1.807, 2.05) is 39.8 Å². The Bertz CT molecular complexity index is 610. The number of rotatable bonds is 4. The van der Waals surface area contributed by atoms with E-state index in [-0.39, 0.29) is 6.10 Å². The second kappa shape index (κ2) is 5.34. The lowest BCUT2D eigenvalue weighted by Gasteiger charge is -2.20. The maximum atomic E-state index is 12.8. The van der Waals surface area contributed by atoms with Crippen molar-refractivity contribution in [3.8, 4) is 0 Å². The largest absolute Gasteiger partial charge is 0.363 e. The van der Waals surface area contributed by atoms with E-state index in [4.69, 9.17) is 4.74 Å². The van der Waals surface area contributed by atoms with Crippen molar-refractivity contribution in [3.63, 3.8) is 0 Å². The molecule has 3 nitrogen and oxygen atoms in total.